The second-order valence-corrected chi connectivity index (χ2v) is 7.84. The summed E-state index contributed by atoms with van der Waals surface area (Å²) in [6.45, 7) is 2.40. The number of carbonyl (C=O) groups excluding carboxylic acids is 1. The number of carbonyl (C=O) groups is 2. The molecule has 1 aromatic rings. The minimum Gasteiger partial charge on any atom is -0.481 e. The molecule has 3 rings (SSSR count). The minimum atomic E-state index is -4.74. The fourth-order valence-corrected chi connectivity index (χ4v) is 3.74. The molecule has 0 spiro atoms. The van der Waals surface area contributed by atoms with Crippen LogP contribution in [0.5, 0.6) is 5.75 Å². The number of aliphatic carboxylic acids is 1. The average Bonchev–Trinajstić information content (AvgIpc) is 3.35. The Morgan fingerprint density at radius 1 is 1.19 bits per heavy atom. The quantitative estimate of drug-likeness (QED) is 0.841. The van der Waals surface area contributed by atoms with Gasteiger partial charge >= 0.3 is 12.3 Å². The van der Waals surface area contributed by atoms with Crippen LogP contribution in [0.2, 0.25) is 0 Å². The van der Waals surface area contributed by atoms with Crippen molar-refractivity contribution in [2.24, 2.45) is 10.8 Å². The maximum Gasteiger partial charge on any atom is 0.573 e. The van der Waals surface area contributed by atoms with Gasteiger partial charge in [-0.15, -0.1) is 13.2 Å². The molecule has 148 valence electrons. The fourth-order valence-electron chi connectivity index (χ4n) is 3.74. The van der Waals surface area contributed by atoms with Crippen molar-refractivity contribution in [2.45, 2.75) is 45.4 Å². The summed E-state index contributed by atoms with van der Waals surface area (Å²) in [7, 11) is 0. The number of likely N-dealkylation sites (tertiary alicyclic amines) is 1. The molecule has 27 heavy (non-hydrogen) atoms. The van der Waals surface area contributed by atoms with Crippen LogP contribution < -0.4 is 4.74 Å². The van der Waals surface area contributed by atoms with Crippen LogP contribution in [0.25, 0.3) is 0 Å². The molecule has 0 aromatic heterocycles. The van der Waals surface area contributed by atoms with Crippen molar-refractivity contribution in [3.8, 4) is 5.75 Å². The molecule has 1 heterocycles. The number of amides is 1. The topological polar surface area (TPSA) is 66.8 Å². The van der Waals surface area contributed by atoms with E-state index < -0.39 is 23.2 Å². The number of hydrogen-bond acceptors (Lipinski definition) is 3. The number of ether oxygens (including phenoxy) is 1. The number of nitrogens with zero attached hydrogens (tertiary/aromatic N) is 1. The van der Waals surface area contributed by atoms with Crippen molar-refractivity contribution in [3.63, 3.8) is 0 Å². The van der Waals surface area contributed by atoms with E-state index in [1.165, 1.54) is 24.3 Å². The van der Waals surface area contributed by atoms with Crippen LogP contribution in [-0.4, -0.2) is 41.3 Å². The van der Waals surface area contributed by atoms with Crippen molar-refractivity contribution in [3.05, 3.63) is 29.8 Å². The third-order valence-electron chi connectivity index (χ3n) is 5.51. The number of benzene rings is 1. The number of carboxylic acids is 1. The van der Waals surface area contributed by atoms with E-state index in [0.717, 1.165) is 5.56 Å². The fraction of sp³-hybridized carbons (Fsp3) is 0.579. The molecule has 5 nitrogen and oxygen atoms in total. The third kappa shape index (κ3) is 4.36. The zero-order chi connectivity index (χ0) is 19.9. The van der Waals surface area contributed by atoms with Crippen LogP contribution in [0.1, 0.15) is 38.2 Å². The van der Waals surface area contributed by atoms with Crippen molar-refractivity contribution >= 4 is 11.9 Å². The van der Waals surface area contributed by atoms with Crippen LogP contribution in [0, 0.1) is 10.8 Å². The minimum absolute atomic E-state index is 0.0507. The van der Waals surface area contributed by atoms with Gasteiger partial charge in [0, 0.05) is 13.1 Å². The summed E-state index contributed by atoms with van der Waals surface area (Å²) in [5.74, 6) is -1.24. The van der Waals surface area contributed by atoms with Crippen LogP contribution in [-0.2, 0) is 16.0 Å². The number of alkyl halides is 3. The van der Waals surface area contributed by atoms with E-state index in [9.17, 15) is 27.9 Å². The van der Waals surface area contributed by atoms with Crippen molar-refractivity contribution < 1.29 is 32.6 Å². The van der Waals surface area contributed by atoms with Crippen LogP contribution in [0.4, 0.5) is 13.2 Å². The van der Waals surface area contributed by atoms with Crippen LogP contribution in [0.3, 0.4) is 0 Å². The van der Waals surface area contributed by atoms with Gasteiger partial charge in [0.15, 0.2) is 0 Å². The Labute approximate surface area is 155 Å². The monoisotopic (exact) mass is 385 g/mol. The summed E-state index contributed by atoms with van der Waals surface area (Å²) >= 11 is 0. The average molecular weight is 385 g/mol. The van der Waals surface area contributed by atoms with Crippen molar-refractivity contribution in [2.75, 3.05) is 13.1 Å². The molecule has 0 bridgehead atoms. The Hall–Kier alpha value is -2.25. The first-order chi connectivity index (χ1) is 12.5. The van der Waals surface area contributed by atoms with E-state index >= 15 is 0 Å². The summed E-state index contributed by atoms with van der Waals surface area (Å²) in [4.78, 5) is 26.2. The van der Waals surface area contributed by atoms with Gasteiger partial charge in [-0.1, -0.05) is 12.1 Å². The lowest BCUT2D eigenvalue weighted by molar-refractivity contribution is -0.274. The van der Waals surface area contributed by atoms with Crippen LogP contribution >= 0.6 is 0 Å². The maximum atomic E-state index is 13.0. The van der Waals surface area contributed by atoms with E-state index in [1.807, 2.05) is 0 Å². The molecule has 1 aliphatic carbocycles. The smallest absolute Gasteiger partial charge is 0.481 e. The third-order valence-corrected chi connectivity index (χ3v) is 5.51. The lowest BCUT2D eigenvalue weighted by atomic mass is 9.81. The highest BCUT2D eigenvalue weighted by Crippen LogP contribution is 2.51. The summed E-state index contributed by atoms with van der Waals surface area (Å²) in [6, 6.07) is 5.55. The summed E-state index contributed by atoms with van der Waals surface area (Å²) in [5, 5.41) is 9.43. The molecule has 2 fully saturated rings. The van der Waals surface area contributed by atoms with Crippen molar-refractivity contribution in [1.29, 1.82) is 0 Å². The lowest BCUT2D eigenvalue weighted by Crippen LogP contribution is -2.50. The highest BCUT2D eigenvalue weighted by Gasteiger charge is 2.53. The molecule has 1 N–H and O–H groups in total. The van der Waals surface area contributed by atoms with E-state index in [2.05, 4.69) is 4.74 Å². The van der Waals surface area contributed by atoms with Gasteiger partial charge < -0.3 is 14.7 Å². The largest absolute Gasteiger partial charge is 0.573 e. The van der Waals surface area contributed by atoms with E-state index in [0.29, 0.717) is 38.6 Å². The van der Waals surface area contributed by atoms with Crippen molar-refractivity contribution in [1.82, 2.24) is 4.90 Å². The number of piperidine rings is 1. The highest BCUT2D eigenvalue weighted by molar-refractivity contribution is 5.87. The second-order valence-electron chi connectivity index (χ2n) is 7.84. The molecule has 1 saturated carbocycles. The molecule has 1 aliphatic heterocycles. The van der Waals surface area contributed by atoms with E-state index in [4.69, 9.17) is 0 Å². The molecule has 1 saturated heterocycles. The Bertz CT molecular complexity index is 727. The first kappa shape index (κ1) is 19.5. The van der Waals surface area contributed by atoms with Gasteiger partial charge in [0.05, 0.1) is 10.8 Å². The SMILES string of the molecule is CC1(C(=O)O)CCCN(C(=O)C2(Cc3ccc(OC(F)(F)F)cc3)CC2)C1. The van der Waals surface area contributed by atoms with Gasteiger partial charge in [0.2, 0.25) is 5.91 Å². The first-order valence-electron chi connectivity index (χ1n) is 8.91. The normalized spacial score (nSPS) is 24.4. The zero-order valence-electron chi connectivity index (χ0n) is 15.0. The van der Waals surface area contributed by atoms with Gasteiger partial charge in [-0.25, -0.2) is 0 Å². The molecular formula is C19H22F3NO4. The molecule has 0 radical (unpaired) electrons. The van der Waals surface area contributed by atoms with Gasteiger partial charge in [-0.3, -0.25) is 9.59 Å². The zero-order valence-corrected chi connectivity index (χ0v) is 15.0. The molecule has 1 atom stereocenters. The summed E-state index contributed by atoms with van der Waals surface area (Å²) < 4.78 is 40.6. The Morgan fingerprint density at radius 2 is 1.81 bits per heavy atom. The predicted molar refractivity (Wildman–Crippen MR) is 90.1 cm³/mol. The second kappa shape index (κ2) is 6.73. The Kier molecular flexibility index (Phi) is 4.86. The maximum absolute atomic E-state index is 13.0. The summed E-state index contributed by atoms with van der Waals surface area (Å²) in [6.07, 6.45) is -1.72. The van der Waals surface area contributed by atoms with Gasteiger partial charge in [0.25, 0.3) is 0 Å². The Morgan fingerprint density at radius 3 is 2.33 bits per heavy atom. The number of carboxylic acid groups (broad SMARTS) is 1. The molecule has 1 amide bonds. The Balaban J connectivity index is 1.66. The number of halogens is 3. The summed E-state index contributed by atoms with van der Waals surface area (Å²) in [5.41, 5.74) is -0.739. The van der Waals surface area contributed by atoms with Crippen LogP contribution in [0.15, 0.2) is 24.3 Å². The van der Waals surface area contributed by atoms with Gasteiger partial charge in [-0.05, 0) is 56.7 Å². The molecule has 2 aliphatic rings. The molecule has 8 heteroatoms. The number of hydrogen-bond donors (Lipinski definition) is 1. The highest BCUT2D eigenvalue weighted by atomic mass is 19.4. The predicted octanol–water partition coefficient (Wildman–Crippen LogP) is 3.62. The van der Waals surface area contributed by atoms with Gasteiger partial charge in [-0.2, -0.15) is 0 Å². The lowest BCUT2D eigenvalue weighted by Gasteiger charge is -2.39. The van der Waals surface area contributed by atoms with E-state index in [-0.39, 0.29) is 18.2 Å². The standard InChI is InChI=1S/C19H22F3NO4/c1-17(16(25)26)7-2-10-23(12-17)15(24)18(8-9-18)11-13-3-5-14(6-4-13)27-19(20,21)22/h3-6H,2,7-12H2,1H3,(H,25,26). The molecule has 1 unspecified atom stereocenters. The first-order valence-corrected chi connectivity index (χ1v) is 8.91. The molecule has 1 aromatic carbocycles. The number of rotatable bonds is 5. The van der Waals surface area contributed by atoms with E-state index in [1.54, 1.807) is 11.8 Å². The van der Waals surface area contributed by atoms with Gasteiger partial charge in [0.1, 0.15) is 5.75 Å². The molecular weight excluding hydrogens is 363 g/mol.